The molecule has 4 aromatic heterocycles. The van der Waals surface area contributed by atoms with Crippen LogP contribution >= 0.6 is 27.2 Å². The molecular weight excluding hydrogens is 676 g/mol. The van der Waals surface area contributed by atoms with E-state index in [4.69, 9.17) is 33.5 Å². The number of phosphoric ester groups is 1. The van der Waals surface area contributed by atoms with Crippen molar-refractivity contribution in [3.05, 3.63) is 24.8 Å². The van der Waals surface area contributed by atoms with E-state index in [0.717, 1.165) is 6.33 Å². The summed E-state index contributed by atoms with van der Waals surface area (Å²) in [5.41, 5.74) is 6.91. The molecule has 3 fully saturated rings. The molecule has 46 heavy (non-hydrogen) atoms. The van der Waals surface area contributed by atoms with Crippen LogP contribution in [0.25, 0.3) is 22.3 Å². The van der Waals surface area contributed by atoms with E-state index >= 15 is 0 Å². The molecule has 4 unspecified atom stereocenters. The van der Waals surface area contributed by atoms with Gasteiger partial charge in [0.2, 0.25) is 0 Å². The highest BCUT2D eigenvalue weighted by Gasteiger charge is 2.54. The fourth-order valence-corrected chi connectivity index (χ4v) is 7.95. The van der Waals surface area contributed by atoms with Gasteiger partial charge < -0.3 is 39.9 Å². The maximum absolute atomic E-state index is 13.3. The van der Waals surface area contributed by atoms with Gasteiger partial charge in [-0.15, -0.1) is 11.8 Å². The van der Waals surface area contributed by atoms with E-state index in [0.29, 0.717) is 22.0 Å². The minimum atomic E-state index is -5.02. The van der Waals surface area contributed by atoms with Crippen molar-refractivity contribution >= 4 is 55.3 Å². The van der Waals surface area contributed by atoms with Crippen LogP contribution in [0.1, 0.15) is 18.3 Å². The molecule has 0 aromatic carbocycles. The van der Waals surface area contributed by atoms with Gasteiger partial charge in [-0.1, -0.05) is 0 Å². The fourth-order valence-electron chi connectivity index (χ4n) is 5.43. The Morgan fingerprint density at radius 1 is 0.935 bits per heavy atom. The number of anilines is 1. The van der Waals surface area contributed by atoms with Gasteiger partial charge in [-0.3, -0.25) is 27.3 Å². The van der Waals surface area contributed by atoms with Crippen molar-refractivity contribution < 1.29 is 56.9 Å². The smallest absolute Gasteiger partial charge is 0.386 e. The minimum absolute atomic E-state index is 0.0494. The second-order valence-electron chi connectivity index (χ2n) is 10.5. The SMILES string of the molecule is CSc1nc(C)nc2c1ncn2[C@@H]1O[C@@H]2COP(=O)(O)O[C@@H]3C(O)[C@H](n4cnc5c(N)ncnc54)O[C@@H]3OCP(=O)(O)O[C@@H]2C1O. The van der Waals surface area contributed by atoms with Gasteiger partial charge in [0, 0.05) is 0 Å². The van der Waals surface area contributed by atoms with Gasteiger partial charge in [-0.2, -0.15) is 0 Å². The van der Waals surface area contributed by atoms with Gasteiger partial charge in [0.25, 0.3) is 0 Å². The lowest BCUT2D eigenvalue weighted by Gasteiger charge is -2.28. The average molecular weight is 704 g/mol. The Labute approximate surface area is 262 Å². The maximum atomic E-state index is 13.3. The topological polar surface area (TPSA) is 284 Å². The summed E-state index contributed by atoms with van der Waals surface area (Å²) >= 11 is 1.34. The molecule has 24 heteroatoms. The quantitative estimate of drug-likeness (QED) is 0.105. The Balaban J connectivity index is 1.17. The van der Waals surface area contributed by atoms with Crippen LogP contribution in [0.3, 0.4) is 0 Å². The molecular formula is C22H27N9O12P2S. The Morgan fingerprint density at radius 2 is 1.63 bits per heavy atom. The third-order valence-corrected chi connectivity index (χ3v) is 10.2. The lowest BCUT2D eigenvalue weighted by molar-refractivity contribution is -0.168. The summed E-state index contributed by atoms with van der Waals surface area (Å²) in [6, 6.07) is 0. The number of rotatable bonds is 3. The summed E-state index contributed by atoms with van der Waals surface area (Å²) in [6.07, 6.45) is -7.80. The largest absolute Gasteiger partial charge is 0.472 e. The molecule has 0 aliphatic carbocycles. The molecule has 0 bridgehead atoms. The molecule has 0 radical (unpaired) electrons. The number of fused-ring (bicyclic) bond motifs is 4. The molecule has 248 valence electrons. The number of aromatic nitrogens is 8. The first-order valence-corrected chi connectivity index (χ1v) is 18.0. The normalized spacial score (nSPS) is 37.2. The Hall–Kier alpha value is -2.69. The molecule has 3 aliphatic rings. The van der Waals surface area contributed by atoms with Crippen molar-refractivity contribution in [1.29, 1.82) is 0 Å². The zero-order valence-electron chi connectivity index (χ0n) is 23.8. The predicted octanol–water partition coefficient (Wildman–Crippen LogP) is -0.187. The summed E-state index contributed by atoms with van der Waals surface area (Å²) in [5, 5.41) is 23.0. The second kappa shape index (κ2) is 11.8. The lowest BCUT2D eigenvalue weighted by atomic mass is 10.1. The van der Waals surface area contributed by atoms with Crippen molar-refractivity contribution in [1.82, 2.24) is 39.0 Å². The van der Waals surface area contributed by atoms with Gasteiger partial charge in [-0.05, 0) is 13.2 Å². The number of aliphatic hydroxyl groups excluding tert-OH is 2. The number of imidazole rings is 2. The fraction of sp³-hybridized carbons (Fsp3) is 0.545. The number of aryl methyl sites for hydroxylation is 1. The van der Waals surface area contributed by atoms with Crippen LogP contribution in [0.15, 0.2) is 24.0 Å². The number of hydrogen-bond donors (Lipinski definition) is 5. The van der Waals surface area contributed by atoms with E-state index in [1.807, 2.05) is 6.26 Å². The third kappa shape index (κ3) is 5.62. The molecule has 0 spiro atoms. The minimum Gasteiger partial charge on any atom is -0.386 e. The summed E-state index contributed by atoms with van der Waals surface area (Å²) in [5.74, 6) is 0.469. The second-order valence-corrected chi connectivity index (χ2v) is 14.4. The number of thioether (sulfide) groups is 1. The number of nitrogens with two attached hydrogens (primary N) is 1. The molecule has 0 saturated carbocycles. The third-order valence-electron chi connectivity index (χ3n) is 7.46. The van der Waals surface area contributed by atoms with E-state index in [1.54, 1.807) is 6.92 Å². The molecule has 21 nitrogen and oxygen atoms in total. The van der Waals surface area contributed by atoms with Crippen molar-refractivity contribution in [2.24, 2.45) is 0 Å². The molecule has 0 amide bonds. The van der Waals surface area contributed by atoms with E-state index < -0.39 is 77.6 Å². The van der Waals surface area contributed by atoms with Gasteiger partial charge in [0.1, 0.15) is 52.6 Å². The zero-order valence-corrected chi connectivity index (χ0v) is 26.4. The van der Waals surface area contributed by atoms with E-state index in [1.165, 1.54) is 33.6 Å². The summed E-state index contributed by atoms with van der Waals surface area (Å²) in [7, 11) is -9.75. The number of ether oxygens (including phenoxy) is 3. The van der Waals surface area contributed by atoms with Crippen LogP contribution in [-0.4, -0.2) is 115 Å². The first kappa shape index (κ1) is 31.9. The Kier molecular flexibility index (Phi) is 8.16. The van der Waals surface area contributed by atoms with E-state index in [-0.39, 0.29) is 17.0 Å². The average Bonchev–Trinajstić information content (AvgIpc) is 3.76. The summed E-state index contributed by atoms with van der Waals surface area (Å²) in [6.45, 7) is 0.928. The Bertz CT molecular complexity index is 1900. The van der Waals surface area contributed by atoms with Crippen LogP contribution in [0.4, 0.5) is 5.82 Å². The first-order valence-electron chi connectivity index (χ1n) is 13.5. The number of phosphoric acid groups is 1. The lowest BCUT2D eigenvalue weighted by Crippen LogP contribution is -2.38. The molecule has 4 aromatic rings. The van der Waals surface area contributed by atoms with Crippen molar-refractivity contribution in [2.75, 3.05) is 24.9 Å². The monoisotopic (exact) mass is 703 g/mol. The number of nitrogens with zero attached hydrogens (tertiary/aromatic N) is 8. The summed E-state index contributed by atoms with van der Waals surface area (Å²) < 4.78 is 62.1. The van der Waals surface area contributed by atoms with Crippen molar-refractivity contribution in [3.8, 4) is 0 Å². The van der Waals surface area contributed by atoms with Crippen LogP contribution in [0.2, 0.25) is 0 Å². The van der Waals surface area contributed by atoms with Crippen LogP contribution in [0.5, 0.6) is 0 Å². The van der Waals surface area contributed by atoms with Gasteiger partial charge in [0.15, 0.2) is 48.3 Å². The van der Waals surface area contributed by atoms with Crippen LogP contribution in [0, 0.1) is 6.92 Å². The number of aliphatic hydroxyl groups is 2. The van der Waals surface area contributed by atoms with Crippen molar-refractivity contribution in [2.45, 2.75) is 61.2 Å². The highest BCUT2D eigenvalue weighted by atomic mass is 32.2. The molecule has 7 heterocycles. The summed E-state index contributed by atoms with van der Waals surface area (Å²) in [4.78, 5) is 46.5. The zero-order chi connectivity index (χ0) is 32.5. The standard InChI is InChI=1S/C22H27N9O12P2S/c1-8-28-18-11(19(29-8)46-2)27-6-31(18)20-12(32)14-9(40-20)3-39-45(36,37)43-15-13(33)21(41-22(15)38-7-44(34,35)42-14)30-5-26-10-16(23)24-4-25-17(10)30/h4-6,9,12-15,20-22,32-33H,3,7H2,1-2H3,(H,34,35)(H,36,37)(H2,23,24,25)/t9-,12?,13?,14+,15-,20-,21-,22+/m1/s1. The van der Waals surface area contributed by atoms with Crippen LogP contribution < -0.4 is 5.73 Å². The van der Waals surface area contributed by atoms with Crippen LogP contribution in [-0.2, 0) is 36.9 Å². The molecule has 3 aliphatic heterocycles. The molecule has 7 rings (SSSR count). The first-order chi connectivity index (χ1) is 21.9. The number of nitrogen functional groups attached to an aromatic ring is 1. The highest BCUT2D eigenvalue weighted by molar-refractivity contribution is 7.98. The van der Waals surface area contributed by atoms with Gasteiger partial charge >= 0.3 is 15.4 Å². The van der Waals surface area contributed by atoms with Gasteiger partial charge in [0.05, 0.1) is 19.3 Å². The number of hydrogen-bond acceptors (Lipinski definition) is 18. The van der Waals surface area contributed by atoms with Gasteiger partial charge in [-0.25, -0.2) is 34.5 Å². The molecule has 3 saturated heterocycles. The maximum Gasteiger partial charge on any atom is 0.472 e. The Morgan fingerprint density at radius 3 is 2.39 bits per heavy atom. The van der Waals surface area contributed by atoms with E-state index in [9.17, 15) is 29.1 Å². The highest BCUT2D eigenvalue weighted by Crippen LogP contribution is 2.53. The van der Waals surface area contributed by atoms with Crippen molar-refractivity contribution in [3.63, 3.8) is 0 Å². The van der Waals surface area contributed by atoms with E-state index in [2.05, 4.69) is 29.9 Å². The molecule has 10 atom stereocenters. The predicted molar refractivity (Wildman–Crippen MR) is 153 cm³/mol. The molecule has 6 N–H and O–H groups in total.